The van der Waals surface area contributed by atoms with Crippen LogP contribution < -0.4 is 0 Å². The van der Waals surface area contributed by atoms with Crippen molar-refractivity contribution in [2.75, 3.05) is 13.1 Å². The van der Waals surface area contributed by atoms with Crippen LogP contribution in [0.25, 0.3) is 11.4 Å². The molecule has 4 rings (SSSR count). The first-order valence-electron chi connectivity index (χ1n) is 9.55. The quantitative estimate of drug-likeness (QED) is 0.671. The number of benzene rings is 2. The van der Waals surface area contributed by atoms with E-state index in [1.165, 1.54) is 17.7 Å². The highest BCUT2D eigenvalue weighted by Gasteiger charge is 2.26. The standard InChI is InChI=1S/C23H22FN3O/c1-16-4-6-17(7-5-16)22-25-13-12-21(26-22)19-3-2-14-27(15-19)23(28)18-8-10-20(24)11-9-18/h4-13,19H,2-3,14-15H2,1H3. The molecule has 0 N–H and O–H groups in total. The number of piperidine rings is 1. The minimum absolute atomic E-state index is 0.0579. The van der Waals surface area contributed by atoms with Gasteiger partial charge in [-0.1, -0.05) is 29.8 Å². The third kappa shape index (κ3) is 3.93. The van der Waals surface area contributed by atoms with Gasteiger partial charge in [-0.05, 0) is 50.1 Å². The van der Waals surface area contributed by atoms with Gasteiger partial charge < -0.3 is 4.90 Å². The van der Waals surface area contributed by atoms with Gasteiger partial charge in [-0.25, -0.2) is 14.4 Å². The number of halogens is 1. The zero-order valence-corrected chi connectivity index (χ0v) is 15.8. The van der Waals surface area contributed by atoms with E-state index in [0.717, 1.165) is 24.1 Å². The molecule has 1 aliphatic rings. The van der Waals surface area contributed by atoms with Crippen molar-refractivity contribution in [1.82, 2.24) is 14.9 Å². The average molecular weight is 375 g/mol. The highest BCUT2D eigenvalue weighted by Crippen LogP contribution is 2.28. The van der Waals surface area contributed by atoms with Crippen LogP contribution in [0.3, 0.4) is 0 Å². The number of carbonyl (C=O) groups is 1. The first-order chi connectivity index (χ1) is 13.6. The van der Waals surface area contributed by atoms with Crippen molar-refractivity contribution in [3.8, 4) is 11.4 Å². The second-order valence-corrected chi connectivity index (χ2v) is 7.27. The number of carbonyl (C=O) groups excluding carboxylic acids is 1. The SMILES string of the molecule is Cc1ccc(-c2nccc(C3CCCN(C(=O)c4ccc(F)cc4)C3)n2)cc1. The molecule has 1 aromatic heterocycles. The Bertz CT molecular complexity index is 970. The van der Waals surface area contributed by atoms with Crippen molar-refractivity contribution in [3.63, 3.8) is 0 Å². The highest BCUT2D eigenvalue weighted by atomic mass is 19.1. The van der Waals surface area contributed by atoms with Gasteiger partial charge in [0, 0.05) is 42.0 Å². The first-order valence-corrected chi connectivity index (χ1v) is 9.55. The minimum Gasteiger partial charge on any atom is -0.338 e. The van der Waals surface area contributed by atoms with Crippen LogP contribution in [-0.2, 0) is 0 Å². The molecule has 0 saturated carbocycles. The van der Waals surface area contributed by atoms with Gasteiger partial charge in [0.2, 0.25) is 0 Å². The predicted molar refractivity (Wildman–Crippen MR) is 106 cm³/mol. The van der Waals surface area contributed by atoms with E-state index in [2.05, 4.69) is 24.0 Å². The summed E-state index contributed by atoms with van der Waals surface area (Å²) in [6, 6.07) is 15.8. The van der Waals surface area contributed by atoms with Crippen LogP contribution in [0.5, 0.6) is 0 Å². The number of likely N-dealkylation sites (tertiary alicyclic amines) is 1. The van der Waals surface area contributed by atoms with Gasteiger partial charge in [0.1, 0.15) is 5.82 Å². The van der Waals surface area contributed by atoms with Crippen LogP contribution in [0.1, 0.15) is 40.4 Å². The lowest BCUT2D eigenvalue weighted by atomic mass is 9.94. The number of hydrogen-bond donors (Lipinski definition) is 0. The maximum atomic E-state index is 13.1. The van der Waals surface area contributed by atoms with Crippen LogP contribution in [0.2, 0.25) is 0 Å². The summed E-state index contributed by atoms with van der Waals surface area (Å²) in [7, 11) is 0. The summed E-state index contributed by atoms with van der Waals surface area (Å²) < 4.78 is 13.1. The second kappa shape index (κ2) is 7.89. The van der Waals surface area contributed by atoms with Crippen molar-refractivity contribution in [1.29, 1.82) is 0 Å². The normalized spacial score (nSPS) is 16.8. The molecular weight excluding hydrogens is 353 g/mol. The monoisotopic (exact) mass is 375 g/mol. The Hall–Kier alpha value is -3.08. The summed E-state index contributed by atoms with van der Waals surface area (Å²) in [5.41, 5.74) is 3.66. The number of hydrogen-bond acceptors (Lipinski definition) is 3. The molecule has 142 valence electrons. The van der Waals surface area contributed by atoms with E-state index < -0.39 is 0 Å². The summed E-state index contributed by atoms with van der Waals surface area (Å²) in [5.74, 6) is 0.486. The van der Waals surface area contributed by atoms with Crippen LogP contribution in [-0.4, -0.2) is 33.9 Å². The van der Waals surface area contributed by atoms with Gasteiger partial charge in [0.25, 0.3) is 5.91 Å². The maximum Gasteiger partial charge on any atom is 0.253 e. The Morgan fingerprint density at radius 1 is 1.07 bits per heavy atom. The van der Waals surface area contributed by atoms with E-state index in [-0.39, 0.29) is 17.6 Å². The molecule has 0 radical (unpaired) electrons. The lowest BCUT2D eigenvalue weighted by Gasteiger charge is -2.32. The molecule has 1 amide bonds. The largest absolute Gasteiger partial charge is 0.338 e. The van der Waals surface area contributed by atoms with E-state index in [1.807, 2.05) is 23.1 Å². The first kappa shape index (κ1) is 18.3. The zero-order chi connectivity index (χ0) is 19.5. The van der Waals surface area contributed by atoms with Gasteiger partial charge in [-0.3, -0.25) is 4.79 Å². The molecule has 3 aromatic rings. The minimum atomic E-state index is -0.335. The van der Waals surface area contributed by atoms with E-state index in [1.54, 1.807) is 18.3 Å². The maximum absolute atomic E-state index is 13.1. The van der Waals surface area contributed by atoms with Gasteiger partial charge in [0.05, 0.1) is 0 Å². The molecule has 0 aliphatic carbocycles. The molecule has 1 aliphatic heterocycles. The summed E-state index contributed by atoms with van der Waals surface area (Å²) in [4.78, 5) is 23.8. The van der Waals surface area contributed by atoms with Crippen LogP contribution >= 0.6 is 0 Å². The van der Waals surface area contributed by atoms with Crippen LogP contribution in [0.4, 0.5) is 4.39 Å². The zero-order valence-electron chi connectivity index (χ0n) is 15.8. The van der Waals surface area contributed by atoms with E-state index >= 15 is 0 Å². The van der Waals surface area contributed by atoms with Gasteiger partial charge in [0.15, 0.2) is 5.82 Å². The molecule has 1 atom stereocenters. The lowest BCUT2D eigenvalue weighted by molar-refractivity contribution is 0.0706. The predicted octanol–water partition coefficient (Wildman–Crippen LogP) is 4.61. The van der Waals surface area contributed by atoms with Crippen molar-refractivity contribution in [2.24, 2.45) is 0 Å². The Balaban J connectivity index is 1.53. The fraction of sp³-hybridized carbons (Fsp3) is 0.261. The molecule has 5 heteroatoms. The highest BCUT2D eigenvalue weighted by molar-refractivity contribution is 5.94. The molecule has 4 nitrogen and oxygen atoms in total. The third-order valence-corrected chi connectivity index (χ3v) is 5.20. The second-order valence-electron chi connectivity index (χ2n) is 7.27. The Morgan fingerprint density at radius 2 is 1.82 bits per heavy atom. The molecule has 1 unspecified atom stereocenters. The van der Waals surface area contributed by atoms with Crippen LogP contribution in [0, 0.1) is 12.7 Å². The fourth-order valence-electron chi connectivity index (χ4n) is 3.62. The topological polar surface area (TPSA) is 46.1 Å². The number of rotatable bonds is 3. The summed E-state index contributed by atoms with van der Waals surface area (Å²) in [6.45, 7) is 3.37. The number of aromatic nitrogens is 2. The lowest BCUT2D eigenvalue weighted by Crippen LogP contribution is -2.39. The summed E-state index contributed by atoms with van der Waals surface area (Å²) in [5, 5.41) is 0. The molecule has 2 heterocycles. The van der Waals surface area contributed by atoms with E-state index in [0.29, 0.717) is 24.5 Å². The Labute approximate surface area is 164 Å². The van der Waals surface area contributed by atoms with Crippen LogP contribution in [0.15, 0.2) is 60.8 Å². The Morgan fingerprint density at radius 3 is 2.57 bits per heavy atom. The smallest absolute Gasteiger partial charge is 0.253 e. The molecule has 2 aromatic carbocycles. The number of nitrogens with zero attached hydrogens (tertiary/aromatic N) is 3. The average Bonchev–Trinajstić information content (AvgIpc) is 2.74. The number of aryl methyl sites for hydroxylation is 1. The molecular formula is C23H22FN3O. The Kier molecular flexibility index (Phi) is 5.15. The molecule has 1 saturated heterocycles. The van der Waals surface area contributed by atoms with Crippen molar-refractivity contribution in [2.45, 2.75) is 25.7 Å². The van der Waals surface area contributed by atoms with Crippen molar-refractivity contribution in [3.05, 3.63) is 83.4 Å². The fourth-order valence-corrected chi connectivity index (χ4v) is 3.62. The van der Waals surface area contributed by atoms with Crippen molar-refractivity contribution < 1.29 is 9.18 Å². The van der Waals surface area contributed by atoms with Gasteiger partial charge in [-0.2, -0.15) is 0 Å². The molecule has 28 heavy (non-hydrogen) atoms. The summed E-state index contributed by atoms with van der Waals surface area (Å²) >= 11 is 0. The molecule has 1 fully saturated rings. The third-order valence-electron chi connectivity index (χ3n) is 5.20. The summed E-state index contributed by atoms with van der Waals surface area (Å²) in [6.07, 6.45) is 3.69. The van der Waals surface area contributed by atoms with Crippen molar-refractivity contribution >= 4 is 5.91 Å². The van der Waals surface area contributed by atoms with Gasteiger partial charge >= 0.3 is 0 Å². The van der Waals surface area contributed by atoms with E-state index in [9.17, 15) is 9.18 Å². The number of amides is 1. The molecule has 0 spiro atoms. The van der Waals surface area contributed by atoms with Gasteiger partial charge in [-0.15, -0.1) is 0 Å². The molecule has 0 bridgehead atoms. The van der Waals surface area contributed by atoms with E-state index in [4.69, 9.17) is 4.98 Å².